The minimum atomic E-state index is -0.310. The Hall–Kier alpha value is -3.03. The van der Waals surface area contributed by atoms with Crippen LogP contribution in [0.1, 0.15) is 49.8 Å². The zero-order valence-electron chi connectivity index (χ0n) is 21.1. The molecule has 2 aromatic carbocycles. The van der Waals surface area contributed by atoms with Crippen molar-refractivity contribution in [2.75, 3.05) is 6.54 Å². The maximum atomic E-state index is 13.3. The number of fused-ring (bicyclic) bond motifs is 1. The fraction of sp³-hybridized carbons (Fsp3) is 0.345. The van der Waals surface area contributed by atoms with Gasteiger partial charge >= 0.3 is 0 Å². The minimum Gasteiger partial charge on any atom is -0.338 e. The third-order valence-electron chi connectivity index (χ3n) is 7.24. The van der Waals surface area contributed by atoms with Crippen LogP contribution in [0.3, 0.4) is 0 Å². The maximum Gasteiger partial charge on any atom is 0.293 e. The largest absolute Gasteiger partial charge is 0.338 e. The van der Waals surface area contributed by atoms with E-state index in [9.17, 15) is 14.4 Å². The van der Waals surface area contributed by atoms with E-state index in [1.165, 1.54) is 4.90 Å². The van der Waals surface area contributed by atoms with Crippen LogP contribution >= 0.6 is 23.4 Å². The van der Waals surface area contributed by atoms with E-state index >= 15 is 0 Å². The van der Waals surface area contributed by atoms with E-state index in [1.807, 2.05) is 39.9 Å². The summed E-state index contributed by atoms with van der Waals surface area (Å²) in [7, 11) is 0. The smallest absolute Gasteiger partial charge is 0.293 e. The molecule has 0 saturated carbocycles. The highest BCUT2D eigenvalue weighted by Crippen LogP contribution is 2.36. The van der Waals surface area contributed by atoms with Gasteiger partial charge in [0.2, 0.25) is 5.91 Å². The molecule has 0 bridgehead atoms. The third kappa shape index (κ3) is 5.20. The Balaban J connectivity index is 1.46. The number of hydrogen-bond acceptors (Lipinski definition) is 4. The summed E-state index contributed by atoms with van der Waals surface area (Å²) in [6.07, 6.45) is 7.80. The number of aryl methyl sites for hydroxylation is 1. The Kier molecular flexibility index (Phi) is 7.45. The highest BCUT2D eigenvalue weighted by atomic mass is 35.5. The maximum absolute atomic E-state index is 13.3. The lowest BCUT2D eigenvalue weighted by atomic mass is 10.0. The topological polar surface area (TPSA) is 62.6 Å². The van der Waals surface area contributed by atoms with E-state index in [0.29, 0.717) is 9.93 Å². The number of halogens is 1. The second-order valence-corrected chi connectivity index (χ2v) is 11.1. The molecule has 0 unspecified atom stereocenters. The van der Waals surface area contributed by atoms with Crippen LogP contribution in [0.25, 0.3) is 17.0 Å². The number of imide groups is 1. The number of amides is 3. The van der Waals surface area contributed by atoms with Gasteiger partial charge in [0.05, 0.1) is 17.0 Å². The van der Waals surface area contributed by atoms with Crippen LogP contribution in [0.4, 0.5) is 4.79 Å². The Morgan fingerprint density at radius 3 is 2.65 bits per heavy atom. The highest BCUT2D eigenvalue weighted by molar-refractivity contribution is 8.18. The predicted molar refractivity (Wildman–Crippen MR) is 149 cm³/mol. The van der Waals surface area contributed by atoms with Crippen molar-refractivity contribution in [1.29, 1.82) is 0 Å². The van der Waals surface area contributed by atoms with Crippen molar-refractivity contribution in [2.45, 2.75) is 58.7 Å². The zero-order valence-corrected chi connectivity index (χ0v) is 22.6. The summed E-state index contributed by atoms with van der Waals surface area (Å²) in [4.78, 5) is 42.8. The summed E-state index contributed by atoms with van der Waals surface area (Å²) in [5, 5.41) is 1.29. The SMILES string of the molecule is CCc1cccc2c(/C=C3\SC(=O)N(Cc4ccc(Cl)cc4)C3=O)cn(CC(=O)N3CCCC[C@@H]3C)c12. The van der Waals surface area contributed by atoms with Gasteiger partial charge in [-0.2, -0.15) is 0 Å². The Morgan fingerprint density at radius 2 is 1.92 bits per heavy atom. The molecule has 6 nitrogen and oxygen atoms in total. The lowest BCUT2D eigenvalue weighted by Gasteiger charge is -2.33. The van der Waals surface area contributed by atoms with Gasteiger partial charge in [0.15, 0.2) is 0 Å². The Bertz CT molecular complexity index is 1400. The number of para-hydroxylation sites is 1. The van der Waals surface area contributed by atoms with Crippen LogP contribution in [-0.2, 0) is 29.1 Å². The zero-order chi connectivity index (χ0) is 26.1. The molecule has 8 heteroatoms. The van der Waals surface area contributed by atoms with Gasteiger partial charge in [-0.3, -0.25) is 19.3 Å². The molecular formula is C29H30ClN3O3S. The third-order valence-corrected chi connectivity index (χ3v) is 8.40. The molecule has 1 atom stereocenters. The Morgan fingerprint density at radius 1 is 1.14 bits per heavy atom. The van der Waals surface area contributed by atoms with Gasteiger partial charge in [-0.25, -0.2) is 0 Å². The lowest BCUT2D eigenvalue weighted by Crippen LogP contribution is -2.43. The van der Waals surface area contributed by atoms with Gasteiger partial charge in [-0.15, -0.1) is 0 Å². The molecule has 3 heterocycles. The van der Waals surface area contributed by atoms with Gasteiger partial charge < -0.3 is 9.47 Å². The molecular weight excluding hydrogens is 506 g/mol. The van der Waals surface area contributed by atoms with Gasteiger partial charge in [-0.05, 0) is 73.7 Å². The van der Waals surface area contributed by atoms with Crippen molar-refractivity contribution in [3.05, 3.63) is 75.3 Å². The van der Waals surface area contributed by atoms with Crippen LogP contribution in [-0.4, -0.2) is 44.0 Å². The van der Waals surface area contributed by atoms with Crippen molar-refractivity contribution in [3.63, 3.8) is 0 Å². The van der Waals surface area contributed by atoms with Crippen LogP contribution in [0, 0.1) is 0 Å². The number of piperidine rings is 1. The number of thioether (sulfide) groups is 1. The first kappa shape index (κ1) is 25.6. The normalized spacial score (nSPS) is 19.4. The van der Waals surface area contributed by atoms with Gasteiger partial charge in [0.25, 0.3) is 11.1 Å². The van der Waals surface area contributed by atoms with Crippen molar-refractivity contribution in [2.24, 2.45) is 0 Å². The molecule has 2 fully saturated rings. The first-order chi connectivity index (χ1) is 17.9. The molecule has 3 amide bonds. The second kappa shape index (κ2) is 10.8. The number of hydrogen-bond donors (Lipinski definition) is 0. The molecule has 192 valence electrons. The number of aromatic nitrogens is 1. The summed E-state index contributed by atoms with van der Waals surface area (Å²) in [6, 6.07) is 13.5. The predicted octanol–water partition coefficient (Wildman–Crippen LogP) is 6.49. The highest BCUT2D eigenvalue weighted by Gasteiger charge is 2.35. The van der Waals surface area contributed by atoms with Gasteiger partial charge in [-0.1, -0.05) is 48.9 Å². The van der Waals surface area contributed by atoms with Gasteiger partial charge in [0, 0.05) is 34.8 Å². The molecule has 2 aliphatic heterocycles. The molecule has 37 heavy (non-hydrogen) atoms. The summed E-state index contributed by atoms with van der Waals surface area (Å²) in [5.41, 5.74) is 3.83. The van der Waals surface area contributed by atoms with Crippen molar-refractivity contribution in [3.8, 4) is 0 Å². The standard InChI is InChI=1S/C29H30ClN3O3S/c1-3-21-8-6-9-24-22(17-31(27(21)24)18-26(34)32-14-5-4-7-19(32)2)15-25-28(35)33(29(36)37-25)16-20-10-12-23(30)13-11-20/h6,8-13,15,17,19H,3-5,7,14,16,18H2,1-2H3/b25-15-/t19-/m0/s1. The van der Waals surface area contributed by atoms with E-state index in [4.69, 9.17) is 11.6 Å². The number of carbonyl (C=O) groups is 3. The Labute approximate surface area is 226 Å². The van der Waals surface area contributed by atoms with Crippen LogP contribution in [0.15, 0.2) is 53.6 Å². The van der Waals surface area contributed by atoms with Crippen molar-refractivity contribution in [1.82, 2.24) is 14.4 Å². The first-order valence-corrected chi connectivity index (χ1v) is 13.9. The van der Waals surface area contributed by atoms with Crippen LogP contribution < -0.4 is 0 Å². The molecule has 0 radical (unpaired) electrons. The number of nitrogens with zero attached hydrogens (tertiary/aromatic N) is 3. The fourth-order valence-electron chi connectivity index (χ4n) is 5.25. The molecule has 5 rings (SSSR count). The lowest BCUT2D eigenvalue weighted by molar-refractivity contribution is -0.135. The molecule has 0 N–H and O–H groups in total. The second-order valence-electron chi connectivity index (χ2n) is 9.71. The number of rotatable bonds is 6. The quantitative estimate of drug-likeness (QED) is 0.338. The summed E-state index contributed by atoms with van der Waals surface area (Å²) in [6.45, 7) is 5.47. The molecule has 2 saturated heterocycles. The van der Waals surface area contributed by atoms with E-state index in [2.05, 4.69) is 19.9 Å². The summed E-state index contributed by atoms with van der Waals surface area (Å²) >= 11 is 6.92. The molecule has 2 aliphatic rings. The molecule has 1 aromatic heterocycles. The molecule has 0 aliphatic carbocycles. The van der Waals surface area contributed by atoms with Crippen LogP contribution in [0.5, 0.6) is 0 Å². The minimum absolute atomic E-state index is 0.116. The van der Waals surface area contributed by atoms with E-state index in [1.54, 1.807) is 18.2 Å². The summed E-state index contributed by atoms with van der Waals surface area (Å²) < 4.78 is 2.02. The summed E-state index contributed by atoms with van der Waals surface area (Å²) in [5.74, 6) is -0.194. The molecule has 0 spiro atoms. The number of carbonyl (C=O) groups excluding carboxylic acids is 3. The first-order valence-electron chi connectivity index (χ1n) is 12.8. The van der Waals surface area contributed by atoms with E-state index in [0.717, 1.165) is 71.6 Å². The van der Waals surface area contributed by atoms with Gasteiger partial charge in [0.1, 0.15) is 6.54 Å². The van der Waals surface area contributed by atoms with Crippen molar-refractivity contribution >= 4 is 57.4 Å². The van der Waals surface area contributed by atoms with E-state index in [-0.39, 0.29) is 36.2 Å². The fourth-order valence-corrected chi connectivity index (χ4v) is 6.20. The molecule has 3 aromatic rings. The average Bonchev–Trinajstić information content (AvgIpc) is 3.37. The van der Waals surface area contributed by atoms with Crippen LogP contribution in [0.2, 0.25) is 5.02 Å². The average molecular weight is 536 g/mol. The monoisotopic (exact) mass is 535 g/mol. The number of likely N-dealkylation sites (tertiary alicyclic amines) is 1. The van der Waals surface area contributed by atoms with E-state index < -0.39 is 0 Å². The van der Waals surface area contributed by atoms with Crippen molar-refractivity contribution < 1.29 is 14.4 Å². The number of benzene rings is 2.